The van der Waals surface area contributed by atoms with Gasteiger partial charge in [-0.05, 0) is 33.7 Å². The lowest BCUT2D eigenvalue weighted by atomic mass is 9.96. The average Bonchev–Trinajstić information content (AvgIpc) is 2.90. The molecule has 7 nitrogen and oxygen atoms in total. The van der Waals surface area contributed by atoms with Crippen LogP contribution in [0.1, 0.15) is 32.0 Å². The van der Waals surface area contributed by atoms with Crippen LogP contribution in [0.5, 0.6) is 0 Å². The SMILES string of the molecule is CCN(C(=O)C1CN(c2c3c(nc4ccnn24)CCNCC3)C1)C(C)C. The van der Waals surface area contributed by atoms with Gasteiger partial charge in [-0.1, -0.05) is 0 Å². The van der Waals surface area contributed by atoms with Gasteiger partial charge in [0.1, 0.15) is 5.82 Å². The van der Waals surface area contributed by atoms with Crippen LogP contribution in [0.15, 0.2) is 12.3 Å². The van der Waals surface area contributed by atoms with Gasteiger partial charge in [-0.2, -0.15) is 9.61 Å². The van der Waals surface area contributed by atoms with E-state index in [4.69, 9.17) is 4.98 Å². The van der Waals surface area contributed by atoms with E-state index in [9.17, 15) is 4.79 Å². The second-order valence-electron chi connectivity index (χ2n) is 7.53. The van der Waals surface area contributed by atoms with Crippen molar-refractivity contribution in [3.8, 4) is 0 Å². The molecule has 0 saturated carbocycles. The van der Waals surface area contributed by atoms with Crippen LogP contribution in [-0.2, 0) is 17.6 Å². The molecular weight excluding hydrogens is 328 g/mol. The molecule has 1 N–H and O–H groups in total. The average molecular weight is 356 g/mol. The second-order valence-corrected chi connectivity index (χ2v) is 7.53. The Kier molecular flexibility index (Phi) is 4.56. The van der Waals surface area contributed by atoms with E-state index in [1.165, 1.54) is 11.3 Å². The predicted octanol–water partition coefficient (Wildman–Crippen LogP) is 1.11. The van der Waals surface area contributed by atoms with Gasteiger partial charge in [-0.3, -0.25) is 4.79 Å². The Bertz CT molecular complexity index is 808. The van der Waals surface area contributed by atoms with Crippen LogP contribution in [0.25, 0.3) is 5.65 Å². The van der Waals surface area contributed by atoms with E-state index in [1.54, 1.807) is 0 Å². The summed E-state index contributed by atoms with van der Waals surface area (Å²) in [6, 6.07) is 2.21. The van der Waals surface area contributed by atoms with Crippen molar-refractivity contribution >= 4 is 17.4 Å². The minimum absolute atomic E-state index is 0.0793. The van der Waals surface area contributed by atoms with Gasteiger partial charge in [0.2, 0.25) is 5.91 Å². The molecule has 140 valence electrons. The summed E-state index contributed by atoms with van der Waals surface area (Å²) in [4.78, 5) is 21.9. The summed E-state index contributed by atoms with van der Waals surface area (Å²) in [6.45, 7) is 10.4. The van der Waals surface area contributed by atoms with Crippen LogP contribution in [-0.4, -0.2) is 64.2 Å². The molecule has 2 aromatic heterocycles. The number of hydrogen-bond donors (Lipinski definition) is 1. The molecule has 4 heterocycles. The van der Waals surface area contributed by atoms with E-state index in [0.29, 0.717) is 0 Å². The zero-order chi connectivity index (χ0) is 18.3. The van der Waals surface area contributed by atoms with E-state index >= 15 is 0 Å². The maximum absolute atomic E-state index is 12.8. The fourth-order valence-electron chi connectivity index (χ4n) is 4.16. The summed E-state index contributed by atoms with van der Waals surface area (Å²) in [5.74, 6) is 1.49. The quantitative estimate of drug-likeness (QED) is 0.889. The summed E-state index contributed by atoms with van der Waals surface area (Å²) >= 11 is 0. The Morgan fingerprint density at radius 3 is 2.85 bits per heavy atom. The molecule has 0 atom stereocenters. The van der Waals surface area contributed by atoms with Crippen LogP contribution >= 0.6 is 0 Å². The lowest BCUT2D eigenvalue weighted by Crippen LogP contribution is -2.56. The normalized spacial score (nSPS) is 17.9. The standard InChI is InChI=1S/C19H28N6O/c1-4-24(13(2)3)19(26)14-11-23(12-14)18-15-5-8-20-9-6-16(15)22-17-7-10-21-25(17)18/h7,10,13-14,20H,4-6,8-9,11-12H2,1-3H3. The minimum Gasteiger partial charge on any atom is -0.354 e. The molecule has 0 radical (unpaired) electrons. The third-order valence-electron chi connectivity index (χ3n) is 5.56. The van der Waals surface area contributed by atoms with Crippen molar-refractivity contribution in [1.82, 2.24) is 24.8 Å². The van der Waals surface area contributed by atoms with Crippen LogP contribution in [0.4, 0.5) is 5.82 Å². The van der Waals surface area contributed by atoms with Gasteiger partial charge >= 0.3 is 0 Å². The highest BCUT2D eigenvalue weighted by Gasteiger charge is 2.38. The topological polar surface area (TPSA) is 65.8 Å². The van der Waals surface area contributed by atoms with E-state index in [2.05, 4.69) is 36.1 Å². The van der Waals surface area contributed by atoms with Crippen molar-refractivity contribution in [2.45, 2.75) is 39.7 Å². The molecular formula is C19H28N6O. The first-order valence-corrected chi connectivity index (χ1v) is 9.71. The van der Waals surface area contributed by atoms with Gasteiger partial charge in [0.25, 0.3) is 0 Å². The zero-order valence-corrected chi connectivity index (χ0v) is 15.9. The fourth-order valence-corrected chi connectivity index (χ4v) is 4.16. The molecule has 0 spiro atoms. The number of hydrogen-bond acceptors (Lipinski definition) is 5. The van der Waals surface area contributed by atoms with E-state index in [1.807, 2.05) is 21.7 Å². The number of carbonyl (C=O) groups is 1. The number of nitrogens with zero attached hydrogens (tertiary/aromatic N) is 5. The lowest BCUT2D eigenvalue weighted by molar-refractivity contribution is -0.137. The number of carbonyl (C=O) groups excluding carboxylic acids is 1. The van der Waals surface area contributed by atoms with Crippen LogP contribution in [0.3, 0.4) is 0 Å². The smallest absolute Gasteiger partial charge is 0.229 e. The highest BCUT2D eigenvalue weighted by atomic mass is 16.2. The van der Waals surface area contributed by atoms with Crippen molar-refractivity contribution in [3.05, 3.63) is 23.5 Å². The van der Waals surface area contributed by atoms with E-state index < -0.39 is 0 Å². The van der Waals surface area contributed by atoms with Crippen LogP contribution < -0.4 is 10.2 Å². The Hall–Kier alpha value is -2.15. The maximum Gasteiger partial charge on any atom is 0.229 e. The Labute approximate surface area is 154 Å². The molecule has 0 bridgehead atoms. The first-order valence-electron chi connectivity index (χ1n) is 9.71. The molecule has 1 saturated heterocycles. The van der Waals surface area contributed by atoms with Crippen molar-refractivity contribution in [1.29, 1.82) is 0 Å². The third-order valence-corrected chi connectivity index (χ3v) is 5.56. The van der Waals surface area contributed by atoms with E-state index in [0.717, 1.165) is 57.0 Å². The highest BCUT2D eigenvalue weighted by molar-refractivity contribution is 5.82. The minimum atomic E-state index is 0.0793. The first kappa shape index (κ1) is 17.3. The summed E-state index contributed by atoms with van der Waals surface area (Å²) in [6.07, 6.45) is 3.70. The fraction of sp³-hybridized carbons (Fsp3) is 0.632. The van der Waals surface area contributed by atoms with Crippen LogP contribution in [0, 0.1) is 5.92 Å². The van der Waals surface area contributed by atoms with Gasteiger partial charge in [0, 0.05) is 50.3 Å². The number of aromatic nitrogens is 3. The van der Waals surface area contributed by atoms with Crippen molar-refractivity contribution in [2.24, 2.45) is 5.92 Å². The summed E-state index contributed by atoms with van der Waals surface area (Å²) in [5, 5.41) is 7.96. The number of rotatable bonds is 4. The molecule has 0 aliphatic carbocycles. The molecule has 2 aliphatic heterocycles. The summed E-state index contributed by atoms with van der Waals surface area (Å²) in [7, 11) is 0. The first-order chi connectivity index (χ1) is 12.6. The molecule has 2 aromatic rings. The molecule has 1 fully saturated rings. The van der Waals surface area contributed by atoms with Gasteiger partial charge in [0.15, 0.2) is 5.65 Å². The zero-order valence-electron chi connectivity index (χ0n) is 15.9. The molecule has 2 aliphatic rings. The van der Waals surface area contributed by atoms with Gasteiger partial charge in [0.05, 0.1) is 17.8 Å². The molecule has 7 heteroatoms. The summed E-state index contributed by atoms with van der Waals surface area (Å²) in [5.41, 5.74) is 3.35. The molecule has 26 heavy (non-hydrogen) atoms. The lowest BCUT2D eigenvalue weighted by Gasteiger charge is -2.43. The maximum atomic E-state index is 12.8. The molecule has 4 rings (SSSR count). The van der Waals surface area contributed by atoms with Crippen molar-refractivity contribution < 1.29 is 4.79 Å². The van der Waals surface area contributed by atoms with E-state index in [-0.39, 0.29) is 17.9 Å². The third kappa shape index (κ3) is 2.84. The summed E-state index contributed by atoms with van der Waals surface area (Å²) < 4.78 is 1.95. The van der Waals surface area contributed by atoms with Crippen molar-refractivity contribution in [3.63, 3.8) is 0 Å². The van der Waals surface area contributed by atoms with Gasteiger partial charge in [-0.25, -0.2) is 4.98 Å². The molecule has 0 aromatic carbocycles. The molecule has 0 unspecified atom stereocenters. The number of nitrogens with one attached hydrogen (secondary N) is 1. The Morgan fingerprint density at radius 1 is 1.35 bits per heavy atom. The van der Waals surface area contributed by atoms with Gasteiger partial charge < -0.3 is 15.1 Å². The Balaban J connectivity index is 1.61. The Morgan fingerprint density at radius 2 is 2.12 bits per heavy atom. The van der Waals surface area contributed by atoms with Crippen LogP contribution in [0.2, 0.25) is 0 Å². The molecule has 1 amide bonds. The predicted molar refractivity (Wildman–Crippen MR) is 101 cm³/mol. The number of fused-ring (bicyclic) bond motifs is 2. The van der Waals surface area contributed by atoms with Crippen molar-refractivity contribution in [2.75, 3.05) is 37.6 Å². The largest absolute Gasteiger partial charge is 0.354 e. The number of amides is 1. The highest BCUT2D eigenvalue weighted by Crippen LogP contribution is 2.32. The second kappa shape index (κ2) is 6.87. The monoisotopic (exact) mass is 356 g/mol. The van der Waals surface area contributed by atoms with Gasteiger partial charge in [-0.15, -0.1) is 0 Å². The number of anilines is 1.